The molecule has 140 valence electrons. The molecule has 0 fully saturated rings. The van der Waals surface area contributed by atoms with E-state index < -0.39 is 10.0 Å². The summed E-state index contributed by atoms with van der Waals surface area (Å²) >= 11 is 0. The standard InChI is InChI=1S/C20H20N2O4S/c1-15(16-6-3-2-4-7-16)22-20(23)17-9-11-19(12-10-17)27(24,25)21-14-18-8-5-13-26-18/h2-13,15,21H,14H2,1H3,(H,22,23). The molecule has 3 rings (SSSR count). The molecule has 1 aromatic heterocycles. The van der Waals surface area contributed by atoms with Gasteiger partial charge in [0.05, 0.1) is 23.7 Å². The molecule has 27 heavy (non-hydrogen) atoms. The highest BCUT2D eigenvalue weighted by Gasteiger charge is 2.16. The summed E-state index contributed by atoms with van der Waals surface area (Å²) in [6.45, 7) is 1.96. The van der Waals surface area contributed by atoms with Gasteiger partial charge in [-0.15, -0.1) is 0 Å². The summed E-state index contributed by atoms with van der Waals surface area (Å²) in [7, 11) is -3.69. The van der Waals surface area contributed by atoms with Crippen LogP contribution < -0.4 is 10.0 Å². The number of benzene rings is 2. The van der Waals surface area contributed by atoms with Crippen molar-refractivity contribution in [1.29, 1.82) is 0 Å². The third-order valence-electron chi connectivity index (χ3n) is 4.09. The van der Waals surface area contributed by atoms with Gasteiger partial charge in [-0.2, -0.15) is 0 Å². The topological polar surface area (TPSA) is 88.4 Å². The predicted molar refractivity (Wildman–Crippen MR) is 101 cm³/mol. The minimum atomic E-state index is -3.69. The Bertz CT molecular complexity index is 982. The van der Waals surface area contributed by atoms with Crippen molar-refractivity contribution in [3.63, 3.8) is 0 Å². The van der Waals surface area contributed by atoms with Crippen LogP contribution in [0.15, 0.2) is 82.3 Å². The van der Waals surface area contributed by atoms with Crippen molar-refractivity contribution in [2.75, 3.05) is 0 Å². The maximum absolute atomic E-state index is 12.4. The number of furan rings is 1. The molecule has 2 N–H and O–H groups in total. The minimum Gasteiger partial charge on any atom is -0.468 e. The first kappa shape index (κ1) is 18.9. The highest BCUT2D eigenvalue weighted by molar-refractivity contribution is 7.89. The van der Waals surface area contributed by atoms with Crippen LogP contribution in [-0.4, -0.2) is 14.3 Å². The zero-order valence-corrected chi connectivity index (χ0v) is 15.6. The first-order valence-electron chi connectivity index (χ1n) is 8.43. The summed E-state index contributed by atoms with van der Waals surface area (Å²) in [5, 5.41) is 2.90. The maximum atomic E-state index is 12.4. The van der Waals surface area contributed by atoms with Crippen molar-refractivity contribution in [3.8, 4) is 0 Å². The van der Waals surface area contributed by atoms with Crippen LogP contribution in [0.2, 0.25) is 0 Å². The molecule has 0 spiro atoms. The van der Waals surface area contributed by atoms with Crippen LogP contribution in [0.3, 0.4) is 0 Å². The average Bonchev–Trinajstić information content (AvgIpc) is 3.21. The largest absolute Gasteiger partial charge is 0.468 e. The van der Waals surface area contributed by atoms with E-state index in [1.54, 1.807) is 12.1 Å². The van der Waals surface area contributed by atoms with E-state index in [0.717, 1.165) is 5.56 Å². The molecule has 0 bridgehead atoms. The average molecular weight is 384 g/mol. The molecule has 2 aromatic carbocycles. The highest BCUT2D eigenvalue weighted by Crippen LogP contribution is 2.15. The smallest absolute Gasteiger partial charge is 0.251 e. The Kier molecular flexibility index (Phi) is 5.73. The summed E-state index contributed by atoms with van der Waals surface area (Å²) in [5.41, 5.74) is 1.38. The Hall–Kier alpha value is -2.90. The first-order valence-corrected chi connectivity index (χ1v) is 9.92. The molecule has 0 saturated heterocycles. The van der Waals surface area contributed by atoms with Crippen molar-refractivity contribution >= 4 is 15.9 Å². The quantitative estimate of drug-likeness (QED) is 0.654. The summed E-state index contributed by atoms with van der Waals surface area (Å²) in [4.78, 5) is 12.5. The SMILES string of the molecule is CC(NC(=O)c1ccc(S(=O)(=O)NCc2ccco2)cc1)c1ccccc1. The molecular formula is C20H20N2O4S. The lowest BCUT2D eigenvalue weighted by Crippen LogP contribution is -2.27. The number of hydrogen-bond donors (Lipinski definition) is 2. The van der Waals surface area contributed by atoms with E-state index in [1.807, 2.05) is 37.3 Å². The monoisotopic (exact) mass is 384 g/mol. The summed E-state index contributed by atoms with van der Waals surface area (Å²) in [5.74, 6) is 0.253. The number of sulfonamides is 1. The number of carbonyl (C=O) groups is 1. The van der Waals surface area contributed by atoms with Crippen LogP contribution >= 0.6 is 0 Å². The Labute approximate surface area is 158 Å². The van der Waals surface area contributed by atoms with Gasteiger partial charge >= 0.3 is 0 Å². The van der Waals surface area contributed by atoms with Gasteiger partial charge in [0.2, 0.25) is 10.0 Å². The number of rotatable bonds is 7. The zero-order chi connectivity index (χ0) is 19.3. The summed E-state index contributed by atoms with van der Waals surface area (Å²) in [6, 6.07) is 18.6. The third-order valence-corrected chi connectivity index (χ3v) is 5.51. The second-order valence-corrected chi connectivity index (χ2v) is 7.80. The molecule has 0 aliphatic heterocycles. The van der Waals surface area contributed by atoms with Crippen LogP contribution in [0.1, 0.15) is 34.6 Å². The van der Waals surface area contributed by atoms with Crippen LogP contribution in [0.25, 0.3) is 0 Å². The maximum Gasteiger partial charge on any atom is 0.251 e. The van der Waals surface area contributed by atoms with Crippen molar-refractivity contribution in [2.45, 2.75) is 24.4 Å². The van der Waals surface area contributed by atoms with Crippen molar-refractivity contribution < 1.29 is 17.6 Å². The number of carbonyl (C=O) groups excluding carboxylic acids is 1. The molecule has 7 heteroatoms. The molecule has 6 nitrogen and oxygen atoms in total. The van der Waals surface area contributed by atoms with Crippen LogP contribution in [-0.2, 0) is 16.6 Å². The highest BCUT2D eigenvalue weighted by atomic mass is 32.2. The van der Waals surface area contributed by atoms with Crippen molar-refractivity contribution in [2.24, 2.45) is 0 Å². The lowest BCUT2D eigenvalue weighted by Gasteiger charge is -2.14. The lowest BCUT2D eigenvalue weighted by molar-refractivity contribution is 0.0940. The van der Waals surface area contributed by atoms with Gasteiger partial charge in [-0.25, -0.2) is 13.1 Å². The van der Waals surface area contributed by atoms with Crippen LogP contribution in [0.4, 0.5) is 0 Å². The van der Waals surface area contributed by atoms with E-state index in [-0.39, 0.29) is 23.4 Å². The Morgan fingerprint density at radius 2 is 1.70 bits per heavy atom. The van der Waals surface area contributed by atoms with Gasteiger partial charge in [0, 0.05) is 5.56 Å². The minimum absolute atomic E-state index is 0.0617. The Balaban J connectivity index is 1.64. The fraction of sp³-hybridized carbons (Fsp3) is 0.150. The van der Waals surface area contributed by atoms with E-state index in [4.69, 9.17) is 4.42 Å². The fourth-order valence-corrected chi connectivity index (χ4v) is 3.55. The molecule has 1 atom stereocenters. The molecule has 0 radical (unpaired) electrons. The third kappa shape index (κ3) is 4.84. The molecule has 0 saturated carbocycles. The van der Waals surface area contributed by atoms with Crippen molar-refractivity contribution in [1.82, 2.24) is 10.0 Å². The molecule has 0 aliphatic carbocycles. The second kappa shape index (κ2) is 8.20. The van der Waals surface area contributed by atoms with Crippen LogP contribution in [0, 0.1) is 0 Å². The van der Waals surface area contributed by atoms with Gasteiger partial charge in [-0.05, 0) is 48.9 Å². The first-order chi connectivity index (χ1) is 13.0. The summed E-state index contributed by atoms with van der Waals surface area (Å²) in [6.07, 6.45) is 1.48. The van der Waals surface area contributed by atoms with Gasteiger partial charge in [0.1, 0.15) is 5.76 Å². The second-order valence-electron chi connectivity index (χ2n) is 6.03. The van der Waals surface area contributed by atoms with Crippen molar-refractivity contribution in [3.05, 3.63) is 89.9 Å². The van der Waals surface area contributed by atoms with Gasteiger partial charge in [-0.1, -0.05) is 30.3 Å². The van der Waals surface area contributed by atoms with Gasteiger partial charge in [0.25, 0.3) is 5.91 Å². The zero-order valence-electron chi connectivity index (χ0n) is 14.8. The molecule has 3 aromatic rings. The molecule has 1 amide bonds. The number of amides is 1. The summed E-state index contributed by atoms with van der Waals surface area (Å²) < 4.78 is 32.2. The van der Waals surface area contributed by atoms with Crippen LogP contribution in [0.5, 0.6) is 0 Å². The van der Waals surface area contributed by atoms with E-state index in [9.17, 15) is 13.2 Å². The molecule has 0 aliphatic rings. The molecular weight excluding hydrogens is 364 g/mol. The molecule has 1 heterocycles. The fourth-order valence-electron chi connectivity index (χ4n) is 2.55. The number of nitrogens with one attached hydrogen (secondary N) is 2. The Morgan fingerprint density at radius 1 is 1.00 bits per heavy atom. The predicted octanol–water partition coefficient (Wildman–Crippen LogP) is 3.25. The van der Waals surface area contributed by atoms with Gasteiger partial charge in [-0.3, -0.25) is 4.79 Å². The normalized spacial score (nSPS) is 12.5. The van der Waals surface area contributed by atoms with E-state index in [0.29, 0.717) is 11.3 Å². The lowest BCUT2D eigenvalue weighted by atomic mass is 10.1. The Morgan fingerprint density at radius 3 is 2.33 bits per heavy atom. The van der Waals surface area contributed by atoms with Gasteiger partial charge < -0.3 is 9.73 Å². The van der Waals surface area contributed by atoms with Gasteiger partial charge in [0.15, 0.2) is 0 Å². The van der Waals surface area contributed by atoms with E-state index >= 15 is 0 Å². The van der Waals surface area contributed by atoms with E-state index in [1.165, 1.54) is 30.5 Å². The number of hydrogen-bond acceptors (Lipinski definition) is 4. The molecule has 1 unspecified atom stereocenters. The van der Waals surface area contributed by atoms with E-state index in [2.05, 4.69) is 10.0 Å².